The smallest absolute Gasteiger partial charge is 0.254 e. The predicted molar refractivity (Wildman–Crippen MR) is 129 cm³/mol. The van der Waals surface area contributed by atoms with Crippen LogP contribution in [0.25, 0.3) is 33.2 Å². The maximum Gasteiger partial charge on any atom is 0.254 e. The first-order valence-corrected chi connectivity index (χ1v) is 11.3. The van der Waals surface area contributed by atoms with E-state index in [9.17, 15) is 4.79 Å². The van der Waals surface area contributed by atoms with E-state index in [2.05, 4.69) is 16.0 Å². The van der Waals surface area contributed by atoms with Crippen molar-refractivity contribution in [3.63, 3.8) is 0 Å². The average Bonchev–Trinajstić information content (AvgIpc) is 3.33. The molecule has 0 unspecified atom stereocenters. The van der Waals surface area contributed by atoms with Gasteiger partial charge in [-0.2, -0.15) is 0 Å². The Morgan fingerprint density at radius 1 is 0.909 bits per heavy atom. The Morgan fingerprint density at radius 2 is 1.70 bits per heavy atom. The number of hydrogen-bond acceptors (Lipinski definition) is 4. The van der Waals surface area contributed by atoms with E-state index in [1.54, 1.807) is 12.4 Å². The van der Waals surface area contributed by atoms with Crippen molar-refractivity contribution in [3.8, 4) is 11.3 Å². The molecule has 6 nitrogen and oxygen atoms in total. The summed E-state index contributed by atoms with van der Waals surface area (Å²) < 4.78 is 0. The number of piperidine rings is 1. The number of benzene rings is 2. The summed E-state index contributed by atoms with van der Waals surface area (Å²) in [5.74, 6) is 1.42. The summed E-state index contributed by atoms with van der Waals surface area (Å²) >= 11 is 0. The maximum atomic E-state index is 13.6. The quantitative estimate of drug-likeness (QED) is 0.425. The zero-order valence-electron chi connectivity index (χ0n) is 18.1. The number of carbonyl (C=O) groups excluding carboxylic acids is 1. The van der Waals surface area contributed by atoms with Crippen LogP contribution in [-0.2, 0) is 0 Å². The third-order valence-corrected chi connectivity index (χ3v) is 6.48. The highest BCUT2D eigenvalue weighted by atomic mass is 16.2. The van der Waals surface area contributed by atoms with Gasteiger partial charge < -0.3 is 9.88 Å². The second kappa shape index (κ2) is 8.13. The summed E-state index contributed by atoms with van der Waals surface area (Å²) in [5, 5.41) is 0.884. The fourth-order valence-corrected chi connectivity index (χ4v) is 4.71. The number of fused-ring (bicyclic) bond motifs is 2. The van der Waals surface area contributed by atoms with Crippen molar-refractivity contribution in [1.82, 2.24) is 24.8 Å². The van der Waals surface area contributed by atoms with Crippen LogP contribution in [-0.4, -0.2) is 43.8 Å². The number of carbonyl (C=O) groups is 1. The number of pyridine rings is 2. The summed E-state index contributed by atoms with van der Waals surface area (Å²) in [6, 6.07) is 21.7. The molecule has 1 aliphatic rings. The van der Waals surface area contributed by atoms with E-state index in [1.807, 2.05) is 65.6 Å². The molecule has 0 atom stereocenters. The Hall–Kier alpha value is -4.06. The average molecular weight is 434 g/mol. The van der Waals surface area contributed by atoms with Gasteiger partial charge in [0.25, 0.3) is 5.91 Å². The molecular formula is C27H23N5O. The van der Waals surface area contributed by atoms with Crippen LogP contribution < -0.4 is 0 Å². The minimum Gasteiger partial charge on any atom is -0.342 e. The molecule has 3 aromatic heterocycles. The van der Waals surface area contributed by atoms with Gasteiger partial charge in [0.2, 0.25) is 0 Å². The Bertz CT molecular complexity index is 1420. The molecular weight excluding hydrogens is 410 g/mol. The number of nitrogens with one attached hydrogen (secondary N) is 1. The van der Waals surface area contributed by atoms with Gasteiger partial charge in [0.1, 0.15) is 5.82 Å². The third kappa shape index (κ3) is 3.63. The lowest BCUT2D eigenvalue weighted by atomic mass is 9.95. The van der Waals surface area contributed by atoms with Crippen molar-refractivity contribution in [2.75, 3.05) is 13.1 Å². The van der Waals surface area contributed by atoms with Crippen molar-refractivity contribution in [3.05, 3.63) is 90.5 Å². The molecule has 4 heterocycles. The van der Waals surface area contributed by atoms with Crippen molar-refractivity contribution in [1.29, 1.82) is 0 Å². The number of para-hydroxylation sites is 3. The zero-order valence-corrected chi connectivity index (χ0v) is 18.1. The number of rotatable bonds is 3. The molecule has 162 valence electrons. The molecule has 0 spiro atoms. The number of nitrogens with zero attached hydrogens (tertiary/aromatic N) is 4. The van der Waals surface area contributed by atoms with Gasteiger partial charge in [-0.15, -0.1) is 0 Å². The lowest BCUT2D eigenvalue weighted by Crippen LogP contribution is -2.38. The Morgan fingerprint density at radius 3 is 2.48 bits per heavy atom. The van der Waals surface area contributed by atoms with Crippen LogP contribution in [0.15, 0.2) is 79.1 Å². The molecule has 0 bridgehead atoms. The minimum atomic E-state index is 0.0572. The summed E-state index contributed by atoms with van der Waals surface area (Å²) in [4.78, 5) is 32.8. The lowest BCUT2D eigenvalue weighted by molar-refractivity contribution is 0.0713. The highest BCUT2D eigenvalue weighted by molar-refractivity contribution is 6.07. The summed E-state index contributed by atoms with van der Waals surface area (Å²) in [6.45, 7) is 1.42. The van der Waals surface area contributed by atoms with Crippen molar-refractivity contribution in [2.45, 2.75) is 18.8 Å². The van der Waals surface area contributed by atoms with E-state index in [0.717, 1.165) is 51.9 Å². The van der Waals surface area contributed by atoms with E-state index in [-0.39, 0.29) is 5.91 Å². The number of aromatic nitrogens is 4. The van der Waals surface area contributed by atoms with Gasteiger partial charge in [0.15, 0.2) is 0 Å². The molecule has 6 heteroatoms. The van der Waals surface area contributed by atoms with Crippen molar-refractivity contribution < 1.29 is 4.79 Å². The van der Waals surface area contributed by atoms with Gasteiger partial charge in [-0.3, -0.25) is 9.78 Å². The molecule has 1 fully saturated rings. The van der Waals surface area contributed by atoms with Crippen LogP contribution in [0.4, 0.5) is 0 Å². The van der Waals surface area contributed by atoms with Gasteiger partial charge >= 0.3 is 0 Å². The summed E-state index contributed by atoms with van der Waals surface area (Å²) in [7, 11) is 0. The standard InChI is InChI=1S/C27H23N5O/c33-27(32-14-11-18(12-15-32)26-30-23-9-3-4-10-24(23)31-26)21-16-25(19-6-5-13-28-17-19)29-22-8-2-1-7-20(21)22/h1-10,13,16-18H,11-12,14-15H2,(H,30,31). The van der Waals surface area contributed by atoms with E-state index in [0.29, 0.717) is 24.6 Å². The number of H-pyrrole nitrogens is 1. The van der Waals surface area contributed by atoms with E-state index < -0.39 is 0 Å². The molecule has 0 saturated carbocycles. The highest BCUT2D eigenvalue weighted by Crippen LogP contribution is 2.30. The molecule has 1 saturated heterocycles. The molecule has 0 radical (unpaired) electrons. The van der Waals surface area contributed by atoms with Crippen LogP contribution >= 0.6 is 0 Å². The van der Waals surface area contributed by atoms with Crippen molar-refractivity contribution in [2.24, 2.45) is 0 Å². The maximum absolute atomic E-state index is 13.6. The molecule has 33 heavy (non-hydrogen) atoms. The first-order valence-electron chi connectivity index (χ1n) is 11.3. The Labute approximate surface area is 191 Å². The van der Waals surface area contributed by atoms with Gasteiger partial charge in [0, 0.05) is 42.4 Å². The molecule has 2 aromatic carbocycles. The summed E-state index contributed by atoms with van der Waals surface area (Å²) in [6.07, 6.45) is 5.31. The number of hydrogen-bond donors (Lipinski definition) is 1. The topological polar surface area (TPSA) is 74.8 Å². The minimum absolute atomic E-state index is 0.0572. The van der Waals surface area contributed by atoms with Crippen LogP contribution in [0.2, 0.25) is 0 Å². The summed E-state index contributed by atoms with van der Waals surface area (Å²) in [5.41, 5.74) is 5.25. The fraction of sp³-hybridized carbons (Fsp3) is 0.185. The van der Waals surface area contributed by atoms with E-state index in [1.165, 1.54) is 0 Å². The highest BCUT2D eigenvalue weighted by Gasteiger charge is 2.27. The van der Waals surface area contributed by atoms with Crippen LogP contribution in [0.5, 0.6) is 0 Å². The number of likely N-dealkylation sites (tertiary alicyclic amines) is 1. The second-order valence-corrected chi connectivity index (χ2v) is 8.52. The van der Waals surface area contributed by atoms with Gasteiger partial charge in [-0.1, -0.05) is 30.3 Å². The first-order chi connectivity index (χ1) is 16.3. The molecule has 1 amide bonds. The van der Waals surface area contributed by atoms with E-state index >= 15 is 0 Å². The lowest BCUT2D eigenvalue weighted by Gasteiger charge is -2.31. The van der Waals surface area contributed by atoms with Gasteiger partial charge in [-0.05, 0) is 49.2 Å². The second-order valence-electron chi connectivity index (χ2n) is 8.52. The molecule has 0 aliphatic carbocycles. The normalized spacial score (nSPS) is 14.7. The van der Waals surface area contributed by atoms with E-state index in [4.69, 9.17) is 9.97 Å². The van der Waals surface area contributed by atoms with Crippen LogP contribution in [0.1, 0.15) is 34.9 Å². The Kier molecular flexibility index (Phi) is 4.83. The largest absolute Gasteiger partial charge is 0.342 e. The number of aromatic amines is 1. The van der Waals surface area contributed by atoms with Crippen molar-refractivity contribution >= 4 is 27.8 Å². The first kappa shape index (κ1) is 19.6. The number of amides is 1. The molecule has 5 aromatic rings. The third-order valence-electron chi connectivity index (χ3n) is 6.48. The zero-order chi connectivity index (χ0) is 22.2. The predicted octanol–water partition coefficient (Wildman–Crippen LogP) is 5.19. The Balaban J connectivity index is 1.28. The molecule has 1 aliphatic heterocycles. The SMILES string of the molecule is O=C(c1cc(-c2cccnc2)nc2ccccc12)N1CCC(c2nc3ccccc3[nH]2)CC1. The monoisotopic (exact) mass is 433 g/mol. The molecule has 1 N–H and O–H groups in total. The fourth-order valence-electron chi connectivity index (χ4n) is 4.71. The number of imidazole rings is 1. The van der Waals surface area contributed by atoms with Gasteiger partial charge in [-0.25, -0.2) is 9.97 Å². The molecule has 6 rings (SSSR count). The van der Waals surface area contributed by atoms with Crippen LogP contribution in [0, 0.1) is 0 Å². The van der Waals surface area contributed by atoms with Gasteiger partial charge in [0.05, 0.1) is 27.8 Å². The van der Waals surface area contributed by atoms with Crippen LogP contribution in [0.3, 0.4) is 0 Å².